The van der Waals surface area contributed by atoms with Gasteiger partial charge >= 0.3 is 0 Å². The molecule has 0 radical (unpaired) electrons. The van der Waals surface area contributed by atoms with E-state index < -0.39 is 0 Å². The molecule has 1 aromatic carbocycles. The van der Waals surface area contributed by atoms with E-state index in [2.05, 4.69) is 27.8 Å². The van der Waals surface area contributed by atoms with E-state index in [-0.39, 0.29) is 24.0 Å². The van der Waals surface area contributed by atoms with Crippen molar-refractivity contribution in [1.82, 2.24) is 10.6 Å². The van der Waals surface area contributed by atoms with Gasteiger partial charge in [-0.25, -0.2) is 0 Å². The molecular formula is C17H28IN3O2. The largest absolute Gasteiger partial charge is 0.381 e. The van der Waals surface area contributed by atoms with E-state index in [4.69, 9.17) is 9.47 Å². The number of nitrogens with one attached hydrogen (secondary N) is 2. The summed E-state index contributed by atoms with van der Waals surface area (Å²) in [7, 11) is 1.79. The van der Waals surface area contributed by atoms with E-state index in [0.717, 1.165) is 58.3 Å². The van der Waals surface area contributed by atoms with Crippen LogP contribution < -0.4 is 10.6 Å². The van der Waals surface area contributed by atoms with Gasteiger partial charge in [0, 0.05) is 39.3 Å². The molecule has 0 saturated carbocycles. The van der Waals surface area contributed by atoms with Crippen LogP contribution in [0, 0.1) is 5.92 Å². The average molecular weight is 433 g/mol. The van der Waals surface area contributed by atoms with Gasteiger partial charge in [-0.15, -0.1) is 24.0 Å². The van der Waals surface area contributed by atoms with E-state index in [0.29, 0.717) is 5.92 Å². The van der Waals surface area contributed by atoms with E-state index >= 15 is 0 Å². The number of hydrogen-bond acceptors (Lipinski definition) is 3. The first-order valence-corrected chi connectivity index (χ1v) is 8.02. The number of guanidine groups is 1. The first-order chi connectivity index (χ1) is 10.9. The average Bonchev–Trinajstić information content (AvgIpc) is 3.08. The van der Waals surface area contributed by atoms with Crippen LogP contribution in [0.2, 0.25) is 0 Å². The number of aliphatic imine (C=N–C) groups is 1. The zero-order valence-electron chi connectivity index (χ0n) is 13.8. The molecule has 1 aliphatic rings. The maximum absolute atomic E-state index is 5.68. The second kappa shape index (κ2) is 12.5. The van der Waals surface area contributed by atoms with Crippen LogP contribution in [-0.4, -0.2) is 46.0 Å². The molecule has 1 atom stereocenters. The fraction of sp³-hybridized carbons (Fsp3) is 0.588. The van der Waals surface area contributed by atoms with Crippen LogP contribution in [0.15, 0.2) is 35.3 Å². The Hall–Kier alpha value is -0.860. The van der Waals surface area contributed by atoms with E-state index in [1.165, 1.54) is 5.56 Å². The van der Waals surface area contributed by atoms with Crippen molar-refractivity contribution in [2.24, 2.45) is 10.9 Å². The summed E-state index contributed by atoms with van der Waals surface area (Å²) in [5.74, 6) is 1.42. The normalized spacial score (nSPS) is 17.6. The summed E-state index contributed by atoms with van der Waals surface area (Å²) in [5.41, 5.74) is 1.24. The van der Waals surface area contributed by atoms with Crippen LogP contribution in [0.1, 0.15) is 18.4 Å². The van der Waals surface area contributed by atoms with Crippen LogP contribution in [0.3, 0.4) is 0 Å². The highest BCUT2D eigenvalue weighted by Gasteiger charge is 2.15. The second-order valence-corrected chi connectivity index (χ2v) is 5.50. The molecule has 1 aromatic rings. The molecule has 2 N–H and O–H groups in total. The fourth-order valence-corrected chi connectivity index (χ4v) is 2.35. The van der Waals surface area contributed by atoms with Crippen LogP contribution in [0.25, 0.3) is 0 Å². The Kier molecular flexibility index (Phi) is 11.0. The number of nitrogens with zero attached hydrogens (tertiary/aromatic N) is 1. The SMILES string of the molecule is CN=C(NCCCOCC1CCOC1)NCc1ccccc1.I. The van der Waals surface area contributed by atoms with E-state index in [1.54, 1.807) is 7.05 Å². The van der Waals surface area contributed by atoms with Gasteiger partial charge in [-0.2, -0.15) is 0 Å². The Balaban J connectivity index is 0.00000264. The van der Waals surface area contributed by atoms with Gasteiger partial charge in [0.15, 0.2) is 5.96 Å². The first kappa shape index (κ1) is 20.2. The highest BCUT2D eigenvalue weighted by atomic mass is 127. The topological polar surface area (TPSA) is 54.9 Å². The number of halogens is 1. The molecule has 2 rings (SSSR count). The minimum atomic E-state index is 0. The molecule has 1 heterocycles. The van der Waals surface area contributed by atoms with Crippen LogP contribution in [0.5, 0.6) is 0 Å². The number of benzene rings is 1. The Morgan fingerprint density at radius 3 is 2.83 bits per heavy atom. The molecule has 0 bridgehead atoms. The molecular weight excluding hydrogens is 405 g/mol. The molecule has 0 aromatic heterocycles. The van der Waals surface area contributed by atoms with Gasteiger partial charge < -0.3 is 20.1 Å². The van der Waals surface area contributed by atoms with Crippen molar-refractivity contribution in [2.45, 2.75) is 19.4 Å². The van der Waals surface area contributed by atoms with Crippen molar-refractivity contribution in [3.63, 3.8) is 0 Å². The number of ether oxygens (including phenoxy) is 2. The van der Waals surface area contributed by atoms with E-state index in [9.17, 15) is 0 Å². The predicted octanol–water partition coefficient (Wildman–Crippen LogP) is 2.41. The van der Waals surface area contributed by atoms with Crippen molar-refractivity contribution in [3.05, 3.63) is 35.9 Å². The molecule has 0 aliphatic carbocycles. The minimum absolute atomic E-state index is 0. The standard InChI is InChI=1S/C17H27N3O2.HI/c1-18-17(20-12-15-6-3-2-4-7-15)19-9-5-10-21-13-16-8-11-22-14-16;/h2-4,6-7,16H,5,8-14H2,1H3,(H2,18,19,20);1H. The highest BCUT2D eigenvalue weighted by molar-refractivity contribution is 14.0. The molecule has 6 heteroatoms. The first-order valence-electron chi connectivity index (χ1n) is 8.02. The van der Waals surface area contributed by atoms with E-state index in [1.807, 2.05) is 18.2 Å². The van der Waals surface area contributed by atoms with Gasteiger partial charge in [0.05, 0.1) is 13.2 Å². The zero-order valence-corrected chi connectivity index (χ0v) is 16.1. The predicted molar refractivity (Wildman–Crippen MR) is 104 cm³/mol. The third kappa shape index (κ3) is 8.53. The molecule has 0 spiro atoms. The second-order valence-electron chi connectivity index (χ2n) is 5.50. The molecule has 0 amide bonds. The third-order valence-electron chi connectivity index (χ3n) is 3.66. The molecule has 5 nitrogen and oxygen atoms in total. The lowest BCUT2D eigenvalue weighted by molar-refractivity contribution is 0.0888. The maximum Gasteiger partial charge on any atom is 0.191 e. The van der Waals surface area contributed by atoms with Crippen molar-refractivity contribution in [3.8, 4) is 0 Å². The number of rotatable bonds is 8. The highest BCUT2D eigenvalue weighted by Crippen LogP contribution is 2.12. The molecule has 1 unspecified atom stereocenters. The van der Waals surface area contributed by atoms with Crippen LogP contribution in [-0.2, 0) is 16.0 Å². The summed E-state index contributed by atoms with van der Waals surface area (Å²) in [6.45, 7) is 4.97. The molecule has 1 fully saturated rings. The zero-order chi connectivity index (χ0) is 15.5. The molecule has 23 heavy (non-hydrogen) atoms. The van der Waals surface area contributed by atoms with Gasteiger partial charge in [0.25, 0.3) is 0 Å². The summed E-state index contributed by atoms with van der Waals surface area (Å²) < 4.78 is 11.0. The Bertz CT molecular complexity index is 437. The Morgan fingerprint density at radius 2 is 2.13 bits per heavy atom. The molecule has 130 valence electrons. The summed E-state index contributed by atoms with van der Waals surface area (Å²) in [6.07, 6.45) is 2.11. The number of hydrogen-bond donors (Lipinski definition) is 2. The van der Waals surface area contributed by atoms with Crippen molar-refractivity contribution < 1.29 is 9.47 Å². The smallest absolute Gasteiger partial charge is 0.191 e. The summed E-state index contributed by atoms with van der Waals surface area (Å²) >= 11 is 0. The Labute approximate surface area is 156 Å². The summed E-state index contributed by atoms with van der Waals surface area (Å²) in [5, 5.41) is 6.61. The summed E-state index contributed by atoms with van der Waals surface area (Å²) in [6, 6.07) is 10.3. The van der Waals surface area contributed by atoms with Crippen molar-refractivity contribution in [1.29, 1.82) is 0 Å². The molecule has 1 aliphatic heterocycles. The van der Waals surface area contributed by atoms with Crippen molar-refractivity contribution in [2.75, 3.05) is 40.0 Å². The Morgan fingerprint density at radius 1 is 1.30 bits per heavy atom. The summed E-state index contributed by atoms with van der Waals surface area (Å²) in [4.78, 5) is 4.22. The van der Waals surface area contributed by atoms with Gasteiger partial charge in [-0.05, 0) is 18.4 Å². The lowest BCUT2D eigenvalue weighted by atomic mass is 10.1. The molecule has 1 saturated heterocycles. The van der Waals surface area contributed by atoms with Crippen LogP contribution in [0.4, 0.5) is 0 Å². The van der Waals surface area contributed by atoms with Gasteiger partial charge in [-0.1, -0.05) is 30.3 Å². The monoisotopic (exact) mass is 433 g/mol. The quantitative estimate of drug-likeness (QED) is 0.286. The third-order valence-corrected chi connectivity index (χ3v) is 3.66. The van der Waals surface area contributed by atoms with Gasteiger partial charge in [0.1, 0.15) is 0 Å². The van der Waals surface area contributed by atoms with Gasteiger partial charge in [-0.3, -0.25) is 4.99 Å². The minimum Gasteiger partial charge on any atom is -0.381 e. The van der Waals surface area contributed by atoms with Crippen molar-refractivity contribution >= 4 is 29.9 Å². The maximum atomic E-state index is 5.68. The lowest BCUT2D eigenvalue weighted by Gasteiger charge is -2.12. The van der Waals surface area contributed by atoms with Gasteiger partial charge in [0.2, 0.25) is 0 Å². The van der Waals surface area contributed by atoms with Crippen LogP contribution >= 0.6 is 24.0 Å². The lowest BCUT2D eigenvalue weighted by Crippen LogP contribution is -2.37. The fourth-order valence-electron chi connectivity index (χ4n) is 2.35.